The summed E-state index contributed by atoms with van der Waals surface area (Å²) in [5, 5.41) is 3.37. The summed E-state index contributed by atoms with van der Waals surface area (Å²) in [4.78, 5) is 17.5. The van der Waals surface area contributed by atoms with Crippen LogP contribution in [0.5, 0.6) is 0 Å². The van der Waals surface area contributed by atoms with E-state index in [-0.39, 0.29) is 24.2 Å². The van der Waals surface area contributed by atoms with Gasteiger partial charge in [-0.2, -0.15) is 4.99 Å². The van der Waals surface area contributed by atoms with Crippen molar-refractivity contribution >= 4 is 39.9 Å². The van der Waals surface area contributed by atoms with Crippen LogP contribution in [0, 0.1) is 5.92 Å². The Morgan fingerprint density at radius 2 is 2.19 bits per heavy atom. The van der Waals surface area contributed by atoms with E-state index in [0.29, 0.717) is 6.04 Å². The van der Waals surface area contributed by atoms with Crippen molar-refractivity contribution in [3.05, 3.63) is 29.1 Å². The molecule has 1 amide bonds. The molecule has 0 unspecified atom stereocenters. The molecule has 1 saturated heterocycles. The molecule has 1 aromatic carbocycles. The average molecular weight is 326 g/mol. The normalized spacial score (nSPS) is 23.0. The van der Waals surface area contributed by atoms with Gasteiger partial charge >= 0.3 is 0 Å². The summed E-state index contributed by atoms with van der Waals surface area (Å²) in [5.74, 6) is 0.0944. The summed E-state index contributed by atoms with van der Waals surface area (Å²) >= 11 is 1.58. The summed E-state index contributed by atoms with van der Waals surface area (Å²) in [5.41, 5.74) is 1.13. The largest absolute Gasteiger partial charge is 0.319 e. The molecule has 2 heterocycles. The van der Waals surface area contributed by atoms with Crippen LogP contribution in [0.1, 0.15) is 19.8 Å². The number of para-hydroxylation sites is 1. The molecule has 4 nitrogen and oxygen atoms in total. The van der Waals surface area contributed by atoms with E-state index >= 15 is 0 Å². The molecular formula is C15H20ClN3OS. The number of benzene rings is 1. The summed E-state index contributed by atoms with van der Waals surface area (Å²) in [6.07, 6.45) is 1.78. The highest BCUT2D eigenvalue weighted by atomic mass is 35.5. The molecule has 0 saturated carbocycles. The van der Waals surface area contributed by atoms with Crippen LogP contribution in [0.15, 0.2) is 29.3 Å². The number of aromatic nitrogens is 1. The van der Waals surface area contributed by atoms with E-state index in [4.69, 9.17) is 0 Å². The maximum atomic E-state index is 12.3. The van der Waals surface area contributed by atoms with Crippen LogP contribution in [0.4, 0.5) is 0 Å². The number of piperidine rings is 1. The van der Waals surface area contributed by atoms with E-state index in [1.165, 1.54) is 4.70 Å². The Bertz CT molecular complexity index is 706. The van der Waals surface area contributed by atoms with Gasteiger partial charge in [0.1, 0.15) is 0 Å². The summed E-state index contributed by atoms with van der Waals surface area (Å²) in [6.45, 7) is 3.03. The molecule has 1 aromatic heterocycles. The molecule has 1 aliphatic rings. The first-order valence-corrected chi connectivity index (χ1v) is 7.83. The number of amides is 1. The number of rotatable bonds is 1. The lowest BCUT2D eigenvalue weighted by Crippen LogP contribution is -2.38. The Hall–Kier alpha value is -1.17. The number of nitrogens with one attached hydrogen (secondary N) is 1. The third kappa shape index (κ3) is 3.36. The maximum absolute atomic E-state index is 12.3. The van der Waals surface area contributed by atoms with Gasteiger partial charge in [0.25, 0.3) is 5.91 Å². The minimum absolute atomic E-state index is 0. The Balaban J connectivity index is 0.00000161. The number of aryl methyl sites for hydroxylation is 1. The van der Waals surface area contributed by atoms with E-state index in [1.807, 2.05) is 23.7 Å². The van der Waals surface area contributed by atoms with Crippen LogP contribution < -0.4 is 10.1 Å². The highest BCUT2D eigenvalue weighted by molar-refractivity contribution is 7.16. The Kier molecular flexibility index (Phi) is 5.19. The van der Waals surface area contributed by atoms with Crippen molar-refractivity contribution in [3.8, 4) is 0 Å². The molecule has 1 N–H and O–H groups in total. The first kappa shape index (κ1) is 16.2. The van der Waals surface area contributed by atoms with E-state index in [1.54, 1.807) is 11.3 Å². The first-order valence-electron chi connectivity index (χ1n) is 7.01. The van der Waals surface area contributed by atoms with Gasteiger partial charge in [0.15, 0.2) is 4.80 Å². The second-order valence-corrected chi connectivity index (χ2v) is 6.45. The minimum Gasteiger partial charge on any atom is -0.319 e. The molecule has 0 bridgehead atoms. The number of hydrogen-bond acceptors (Lipinski definition) is 3. The molecule has 0 radical (unpaired) electrons. The van der Waals surface area contributed by atoms with Gasteiger partial charge < -0.3 is 9.88 Å². The zero-order valence-corrected chi connectivity index (χ0v) is 13.8. The highest BCUT2D eigenvalue weighted by Crippen LogP contribution is 2.18. The van der Waals surface area contributed by atoms with Gasteiger partial charge in [0, 0.05) is 19.0 Å². The van der Waals surface area contributed by atoms with E-state index < -0.39 is 0 Å². The fourth-order valence-corrected chi connectivity index (χ4v) is 3.75. The lowest BCUT2D eigenvalue weighted by atomic mass is 9.93. The van der Waals surface area contributed by atoms with Crippen molar-refractivity contribution < 1.29 is 4.79 Å². The van der Waals surface area contributed by atoms with Crippen molar-refractivity contribution in [2.45, 2.75) is 25.8 Å². The number of carbonyl (C=O) groups is 1. The fourth-order valence-electron chi connectivity index (χ4n) is 2.73. The lowest BCUT2D eigenvalue weighted by molar-refractivity contribution is -0.122. The van der Waals surface area contributed by atoms with Crippen LogP contribution in [0.3, 0.4) is 0 Å². The number of fused-ring (bicyclic) bond motifs is 1. The van der Waals surface area contributed by atoms with Crippen molar-refractivity contribution in [2.24, 2.45) is 18.0 Å². The number of halogens is 1. The molecule has 1 fully saturated rings. The van der Waals surface area contributed by atoms with Crippen LogP contribution in [0.25, 0.3) is 10.2 Å². The topological polar surface area (TPSA) is 46.4 Å². The second kappa shape index (κ2) is 6.73. The van der Waals surface area contributed by atoms with Gasteiger partial charge in [-0.3, -0.25) is 4.79 Å². The number of hydrogen-bond donors (Lipinski definition) is 1. The van der Waals surface area contributed by atoms with Crippen molar-refractivity contribution in [3.63, 3.8) is 0 Å². The zero-order chi connectivity index (χ0) is 14.1. The molecule has 21 heavy (non-hydrogen) atoms. The monoisotopic (exact) mass is 325 g/mol. The van der Waals surface area contributed by atoms with E-state index in [9.17, 15) is 4.79 Å². The highest BCUT2D eigenvalue weighted by Gasteiger charge is 2.24. The molecule has 1 aliphatic heterocycles. The average Bonchev–Trinajstić information content (AvgIpc) is 2.76. The van der Waals surface area contributed by atoms with Crippen LogP contribution >= 0.6 is 23.7 Å². The van der Waals surface area contributed by atoms with Crippen molar-refractivity contribution in [1.29, 1.82) is 0 Å². The molecular weight excluding hydrogens is 306 g/mol. The van der Waals surface area contributed by atoms with Crippen LogP contribution in [-0.4, -0.2) is 23.1 Å². The maximum Gasteiger partial charge on any atom is 0.251 e. The van der Waals surface area contributed by atoms with Gasteiger partial charge in [-0.25, -0.2) is 0 Å². The summed E-state index contributed by atoms with van der Waals surface area (Å²) in [6, 6.07) is 8.55. The van der Waals surface area contributed by atoms with Crippen LogP contribution in [0.2, 0.25) is 0 Å². The summed E-state index contributed by atoms with van der Waals surface area (Å²) in [7, 11) is 1.97. The smallest absolute Gasteiger partial charge is 0.251 e. The predicted octanol–water partition coefficient (Wildman–Crippen LogP) is 2.48. The Morgan fingerprint density at radius 1 is 1.43 bits per heavy atom. The molecule has 114 valence electrons. The quantitative estimate of drug-likeness (QED) is 0.875. The van der Waals surface area contributed by atoms with E-state index in [2.05, 4.69) is 29.4 Å². The molecule has 3 rings (SSSR count). The van der Waals surface area contributed by atoms with Gasteiger partial charge in [0.05, 0.1) is 10.2 Å². The third-order valence-corrected chi connectivity index (χ3v) is 5.01. The van der Waals surface area contributed by atoms with Gasteiger partial charge in [-0.1, -0.05) is 23.5 Å². The van der Waals surface area contributed by atoms with Gasteiger partial charge in [-0.05, 0) is 38.4 Å². The van der Waals surface area contributed by atoms with Gasteiger partial charge in [-0.15, -0.1) is 12.4 Å². The first-order chi connectivity index (χ1) is 9.65. The predicted molar refractivity (Wildman–Crippen MR) is 88.8 cm³/mol. The van der Waals surface area contributed by atoms with Gasteiger partial charge in [0.2, 0.25) is 0 Å². The standard InChI is InChI=1S/C15H19N3OS.ClH/c1-10-9-11(7-8-16-10)14(19)17-15-18(2)12-5-3-4-6-13(12)20-15;/h3-6,10-11,16H,7-9H2,1-2H3;1H/t10-,11-;/m0./s1. The zero-order valence-electron chi connectivity index (χ0n) is 12.2. The Morgan fingerprint density at radius 3 is 2.90 bits per heavy atom. The number of thiazole rings is 1. The molecule has 0 aliphatic carbocycles. The van der Waals surface area contributed by atoms with Crippen molar-refractivity contribution in [1.82, 2.24) is 9.88 Å². The number of carbonyl (C=O) groups excluding carboxylic acids is 1. The fraction of sp³-hybridized carbons (Fsp3) is 0.467. The van der Waals surface area contributed by atoms with Crippen LogP contribution in [-0.2, 0) is 11.8 Å². The molecule has 6 heteroatoms. The third-order valence-electron chi connectivity index (χ3n) is 3.89. The van der Waals surface area contributed by atoms with E-state index in [0.717, 1.165) is 29.7 Å². The molecule has 2 aromatic rings. The minimum atomic E-state index is 0. The molecule has 2 atom stereocenters. The Labute approximate surface area is 134 Å². The SMILES string of the molecule is C[C@H]1C[C@@H](C(=O)N=c2sc3ccccc3n2C)CCN1.Cl. The summed E-state index contributed by atoms with van der Waals surface area (Å²) < 4.78 is 3.17. The second-order valence-electron chi connectivity index (χ2n) is 5.44. The van der Waals surface area contributed by atoms with Crippen molar-refractivity contribution in [2.75, 3.05) is 6.54 Å². The number of nitrogens with zero attached hydrogens (tertiary/aromatic N) is 2. The lowest BCUT2D eigenvalue weighted by Gasteiger charge is -2.25. The molecule has 0 spiro atoms.